The molecule has 0 N–H and O–H groups in total. The Bertz CT molecular complexity index is 688. The summed E-state index contributed by atoms with van der Waals surface area (Å²) in [6.45, 7) is 5.21. The average Bonchev–Trinajstić information content (AvgIpc) is 2.78. The molecular weight excluding hydrogens is 356 g/mol. The minimum absolute atomic E-state index is 0.820. The van der Waals surface area contributed by atoms with E-state index in [4.69, 9.17) is 4.74 Å². The van der Waals surface area contributed by atoms with Crippen molar-refractivity contribution in [3.63, 3.8) is 0 Å². The van der Waals surface area contributed by atoms with Gasteiger partial charge in [0.15, 0.2) is 0 Å². The molecule has 1 aliphatic rings. The van der Waals surface area contributed by atoms with Crippen molar-refractivity contribution in [1.29, 1.82) is 0 Å². The molecule has 0 spiro atoms. The standard InChI is InChI=1S/C26H38N2O/c1-3-5-6-8-21-10-12-22(13-11-21)9-7-18-29-25-16-14-23(15-17-25)26-20-27-24(4-2)19-28-26/h14-17,19-22H,3-13,18H2,1-2H3/t21-,22-. The van der Waals surface area contributed by atoms with Gasteiger partial charge in [0.05, 0.1) is 24.2 Å². The zero-order valence-electron chi connectivity index (χ0n) is 18.4. The Balaban J connectivity index is 1.33. The Morgan fingerprint density at radius 3 is 2.10 bits per heavy atom. The summed E-state index contributed by atoms with van der Waals surface area (Å²) < 4.78 is 5.97. The summed E-state index contributed by atoms with van der Waals surface area (Å²) in [5.41, 5.74) is 3.03. The molecule has 0 unspecified atom stereocenters. The Morgan fingerprint density at radius 2 is 1.52 bits per heavy atom. The highest BCUT2D eigenvalue weighted by Crippen LogP contribution is 2.34. The van der Waals surface area contributed by atoms with Crippen LogP contribution in [0, 0.1) is 11.8 Å². The van der Waals surface area contributed by atoms with Gasteiger partial charge in [-0.2, -0.15) is 0 Å². The van der Waals surface area contributed by atoms with E-state index in [2.05, 4.69) is 35.9 Å². The second-order valence-electron chi connectivity index (χ2n) is 8.64. The first-order valence-electron chi connectivity index (χ1n) is 11.8. The van der Waals surface area contributed by atoms with Crippen LogP contribution in [0.3, 0.4) is 0 Å². The molecule has 158 valence electrons. The van der Waals surface area contributed by atoms with E-state index < -0.39 is 0 Å². The maximum Gasteiger partial charge on any atom is 0.119 e. The molecule has 2 aromatic rings. The first-order valence-corrected chi connectivity index (χ1v) is 11.8. The van der Waals surface area contributed by atoms with E-state index in [1.807, 2.05) is 24.5 Å². The van der Waals surface area contributed by atoms with Crippen LogP contribution in [0.5, 0.6) is 5.75 Å². The SMILES string of the molecule is CCCCC[C@H]1CC[C@H](CCCOc2ccc(-c3cnc(CC)cn3)cc2)CC1. The Kier molecular flexibility index (Phi) is 8.98. The van der Waals surface area contributed by atoms with Crippen molar-refractivity contribution in [2.45, 2.75) is 84.5 Å². The Labute approximate surface area is 177 Å². The van der Waals surface area contributed by atoms with Gasteiger partial charge in [-0.25, -0.2) is 0 Å². The fourth-order valence-corrected chi connectivity index (χ4v) is 4.46. The molecule has 3 heteroatoms. The molecule has 3 nitrogen and oxygen atoms in total. The van der Waals surface area contributed by atoms with Gasteiger partial charge in [0, 0.05) is 11.8 Å². The third-order valence-corrected chi connectivity index (χ3v) is 6.43. The first kappa shape index (κ1) is 21.8. The van der Waals surface area contributed by atoms with E-state index in [1.54, 1.807) is 0 Å². The maximum absolute atomic E-state index is 5.97. The van der Waals surface area contributed by atoms with E-state index >= 15 is 0 Å². The molecule has 3 rings (SSSR count). The van der Waals surface area contributed by atoms with Gasteiger partial charge in [-0.15, -0.1) is 0 Å². The minimum atomic E-state index is 0.820. The molecule has 1 aromatic heterocycles. The molecule has 0 radical (unpaired) electrons. The van der Waals surface area contributed by atoms with Crippen LogP contribution in [-0.2, 0) is 6.42 Å². The highest BCUT2D eigenvalue weighted by atomic mass is 16.5. The smallest absolute Gasteiger partial charge is 0.119 e. The number of unbranched alkanes of at least 4 members (excludes halogenated alkanes) is 2. The average molecular weight is 395 g/mol. The summed E-state index contributed by atoms with van der Waals surface area (Å²) in [6, 6.07) is 8.24. The van der Waals surface area contributed by atoms with Crippen molar-refractivity contribution in [2.75, 3.05) is 6.61 Å². The van der Waals surface area contributed by atoms with Crippen molar-refractivity contribution in [1.82, 2.24) is 9.97 Å². The third kappa shape index (κ3) is 7.13. The quantitative estimate of drug-likeness (QED) is 0.376. The summed E-state index contributed by atoms with van der Waals surface area (Å²) in [5, 5.41) is 0. The molecule has 1 aliphatic carbocycles. The van der Waals surface area contributed by atoms with Gasteiger partial charge in [-0.3, -0.25) is 9.97 Å². The van der Waals surface area contributed by atoms with Crippen molar-refractivity contribution >= 4 is 0 Å². The molecule has 0 atom stereocenters. The molecule has 0 saturated heterocycles. The molecule has 1 aromatic carbocycles. The van der Waals surface area contributed by atoms with E-state index in [9.17, 15) is 0 Å². The highest BCUT2D eigenvalue weighted by molar-refractivity contribution is 5.58. The van der Waals surface area contributed by atoms with Gasteiger partial charge in [0.25, 0.3) is 0 Å². The number of aryl methyl sites for hydroxylation is 1. The predicted octanol–water partition coefficient (Wildman–Crippen LogP) is 7.25. The minimum Gasteiger partial charge on any atom is -0.494 e. The Hall–Kier alpha value is -1.90. The van der Waals surface area contributed by atoms with Crippen molar-refractivity contribution in [3.8, 4) is 17.0 Å². The molecule has 1 heterocycles. The number of hydrogen-bond acceptors (Lipinski definition) is 3. The third-order valence-electron chi connectivity index (χ3n) is 6.43. The summed E-state index contributed by atoms with van der Waals surface area (Å²) in [6.07, 6.45) is 18.6. The summed E-state index contributed by atoms with van der Waals surface area (Å²) in [4.78, 5) is 8.93. The molecule has 0 aliphatic heterocycles. The largest absolute Gasteiger partial charge is 0.494 e. The number of hydrogen-bond donors (Lipinski definition) is 0. The maximum atomic E-state index is 5.97. The van der Waals surface area contributed by atoms with Crippen LogP contribution in [0.15, 0.2) is 36.7 Å². The molecular formula is C26H38N2O. The Morgan fingerprint density at radius 1 is 0.828 bits per heavy atom. The van der Waals surface area contributed by atoms with Crippen LogP contribution in [-0.4, -0.2) is 16.6 Å². The van der Waals surface area contributed by atoms with Crippen LogP contribution in [0.25, 0.3) is 11.3 Å². The van der Waals surface area contributed by atoms with Gasteiger partial charge in [-0.1, -0.05) is 65.2 Å². The highest BCUT2D eigenvalue weighted by Gasteiger charge is 2.20. The lowest BCUT2D eigenvalue weighted by molar-refractivity contribution is 0.228. The lowest BCUT2D eigenvalue weighted by Crippen LogP contribution is -2.15. The molecule has 1 fully saturated rings. The van der Waals surface area contributed by atoms with E-state index in [0.29, 0.717) is 0 Å². The van der Waals surface area contributed by atoms with Gasteiger partial charge >= 0.3 is 0 Å². The van der Waals surface area contributed by atoms with Crippen LogP contribution in [0.1, 0.15) is 83.7 Å². The van der Waals surface area contributed by atoms with Gasteiger partial charge in [-0.05, 0) is 55.4 Å². The predicted molar refractivity (Wildman–Crippen MR) is 121 cm³/mol. The lowest BCUT2D eigenvalue weighted by atomic mass is 9.78. The molecule has 29 heavy (non-hydrogen) atoms. The topological polar surface area (TPSA) is 35.0 Å². The molecule has 1 saturated carbocycles. The van der Waals surface area contributed by atoms with Crippen LogP contribution >= 0.6 is 0 Å². The van der Waals surface area contributed by atoms with Crippen LogP contribution < -0.4 is 4.74 Å². The fourth-order valence-electron chi connectivity index (χ4n) is 4.46. The summed E-state index contributed by atoms with van der Waals surface area (Å²) >= 11 is 0. The number of ether oxygens (including phenoxy) is 1. The first-order chi connectivity index (χ1) is 14.3. The van der Waals surface area contributed by atoms with Gasteiger partial charge in [0.1, 0.15) is 5.75 Å². The van der Waals surface area contributed by atoms with E-state index in [-0.39, 0.29) is 0 Å². The summed E-state index contributed by atoms with van der Waals surface area (Å²) in [5.74, 6) is 2.88. The van der Waals surface area contributed by atoms with Gasteiger partial charge < -0.3 is 4.74 Å². The number of aromatic nitrogens is 2. The number of benzene rings is 1. The van der Waals surface area contributed by atoms with Gasteiger partial charge in [0.2, 0.25) is 0 Å². The van der Waals surface area contributed by atoms with Crippen LogP contribution in [0.4, 0.5) is 0 Å². The zero-order valence-corrected chi connectivity index (χ0v) is 18.4. The van der Waals surface area contributed by atoms with E-state index in [1.165, 1.54) is 57.8 Å². The molecule has 0 amide bonds. The monoisotopic (exact) mass is 394 g/mol. The second-order valence-corrected chi connectivity index (χ2v) is 8.64. The van der Waals surface area contributed by atoms with Crippen LogP contribution in [0.2, 0.25) is 0 Å². The van der Waals surface area contributed by atoms with Crippen molar-refractivity contribution < 1.29 is 4.74 Å². The van der Waals surface area contributed by atoms with Crippen molar-refractivity contribution in [3.05, 3.63) is 42.4 Å². The van der Waals surface area contributed by atoms with Crippen molar-refractivity contribution in [2.24, 2.45) is 11.8 Å². The fraction of sp³-hybridized carbons (Fsp3) is 0.615. The number of nitrogens with zero attached hydrogens (tertiary/aromatic N) is 2. The normalized spacial score (nSPS) is 19.2. The second kappa shape index (κ2) is 11.9. The summed E-state index contributed by atoms with van der Waals surface area (Å²) in [7, 11) is 0. The number of rotatable bonds is 11. The lowest BCUT2D eigenvalue weighted by Gasteiger charge is -2.28. The molecule has 0 bridgehead atoms. The zero-order chi connectivity index (χ0) is 20.3. The van der Waals surface area contributed by atoms with E-state index in [0.717, 1.165) is 54.0 Å².